The highest BCUT2D eigenvalue weighted by atomic mass is 32.1. The second-order valence-corrected chi connectivity index (χ2v) is 8.74. The Kier molecular flexibility index (Phi) is 7.57. The topological polar surface area (TPSA) is 66.4 Å². The van der Waals surface area contributed by atoms with Crippen molar-refractivity contribution in [2.24, 2.45) is 0 Å². The van der Waals surface area contributed by atoms with Crippen molar-refractivity contribution in [3.8, 4) is 17.1 Å². The van der Waals surface area contributed by atoms with Crippen LogP contribution in [0.4, 0.5) is 0 Å². The summed E-state index contributed by atoms with van der Waals surface area (Å²) in [4.78, 5) is 17.2. The molecule has 1 amide bonds. The van der Waals surface area contributed by atoms with E-state index in [0.717, 1.165) is 49.9 Å². The maximum Gasteiger partial charge on any atom is 0.224 e. The molecule has 0 radical (unpaired) electrons. The molecule has 1 aromatic heterocycles. The lowest BCUT2D eigenvalue weighted by atomic mass is 10.1. The molecular formula is C25H31N5O2S. The summed E-state index contributed by atoms with van der Waals surface area (Å²) >= 11 is 5.41. The Morgan fingerprint density at radius 3 is 2.42 bits per heavy atom. The Hall–Kier alpha value is -2.97. The van der Waals surface area contributed by atoms with Gasteiger partial charge in [-0.1, -0.05) is 42.0 Å². The molecule has 1 saturated heterocycles. The van der Waals surface area contributed by atoms with Crippen molar-refractivity contribution in [1.29, 1.82) is 0 Å². The molecule has 1 N–H and O–H groups in total. The number of carbonyl (C=O) groups is 1. The summed E-state index contributed by atoms with van der Waals surface area (Å²) in [5.74, 6) is 1.83. The molecule has 0 bridgehead atoms. The van der Waals surface area contributed by atoms with Gasteiger partial charge in [0.05, 0.1) is 6.61 Å². The zero-order chi connectivity index (χ0) is 23.2. The number of amides is 1. The molecule has 3 aromatic rings. The van der Waals surface area contributed by atoms with Crippen molar-refractivity contribution in [1.82, 2.24) is 24.6 Å². The molecule has 0 atom stereocenters. The zero-order valence-electron chi connectivity index (χ0n) is 19.3. The molecule has 7 nitrogen and oxygen atoms in total. The van der Waals surface area contributed by atoms with Gasteiger partial charge in [-0.2, -0.15) is 5.10 Å². The van der Waals surface area contributed by atoms with Crippen LogP contribution < -0.4 is 4.74 Å². The number of nitrogens with one attached hydrogen (secondary N) is 1. The molecule has 0 aliphatic carbocycles. The minimum absolute atomic E-state index is 0.161. The highest BCUT2D eigenvalue weighted by Gasteiger charge is 2.21. The van der Waals surface area contributed by atoms with Gasteiger partial charge in [0.25, 0.3) is 0 Å². The maximum absolute atomic E-state index is 12.9. The number of carbonyl (C=O) groups excluding carboxylic acids is 1. The van der Waals surface area contributed by atoms with Gasteiger partial charge in [-0.25, -0.2) is 0 Å². The van der Waals surface area contributed by atoms with E-state index in [-0.39, 0.29) is 5.91 Å². The van der Waals surface area contributed by atoms with E-state index >= 15 is 0 Å². The van der Waals surface area contributed by atoms with Crippen LogP contribution in [0.3, 0.4) is 0 Å². The summed E-state index contributed by atoms with van der Waals surface area (Å²) in [7, 11) is 0. The molecule has 8 heteroatoms. The first-order valence-electron chi connectivity index (χ1n) is 11.5. The second-order valence-electron chi connectivity index (χ2n) is 8.35. The largest absolute Gasteiger partial charge is 0.494 e. The Morgan fingerprint density at radius 2 is 1.76 bits per heavy atom. The molecule has 1 aliphatic rings. The number of aryl methyl sites for hydroxylation is 1. The molecule has 2 aromatic carbocycles. The van der Waals surface area contributed by atoms with Crippen molar-refractivity contribution in [2.75, 3.05) is 32.8 Å². The Balaban J connectivity index is 1.28. The third kappa shape index (κ3) is 5.89. The average molecular weight is 466 g/mol. The number of benzene rings is 2. The summed E-state index contributed by atoms with van der Waals surface area (Å²) in [5.41, 5.74) is 3.44. The second kappa shape index (κ2) is 10.8. The van der Waals surface area contributed by atoms with E-state index in [1.54, 1.807) is 0 Å². The quantitative estimate of drug-likeness (QED) is 0.509. The monoisotopic (exact) mass is 465 g/mol. The molecule has 2 heterocycles. The van der Waals surface area contributed by atoms with Crippen molar-refractivity contribution in [3.05, 3.63) is 64.4 Å². The van der Waals surface area contributed by atoms with Crippen LogP contribution in [0.5, 0.6) is 5.75 Å². The van der Waals surface area contributed by atoms with Gasteiger partial charge >= 0.3 is 0 Å². The van der Waals surface area contributed by atoms with Crippen LogP contribution in [0.2, 0.25) is 0 Å². The van der Waals surface area contributed by atoms with Crippen molar-refractivity contribution in [2.45, 2.75) is 33.4 Å². The van der Waals surface area contributed by atoms with Crippen LogP contribution in [0, 0.1) is 11.7 Å². The van der Waals surface area contributed by atoms with Gasteiger partial charge in [0.15, 0.2) is 10.6 Å². The van der Waals surface area contributed by atoms with E-state index in [1.165, 1.54) is 11.1 Å². The molecule has 4 rings (SSSR count). The molecule has 0 spiro atoms. The van der Waals surface area contributed by atoms with Crippen LogP contribution in [0.1, 0.15) is 24.5 Å². The highest BCUT2D eigenvalue weighted by Crippen LogP contribution is 2.19. The third-order valence-corrected chi connectivity index (χ3v) is 6.29. The van der Waals surface area contributed by atoms with E-state index in [4.69, 9.17) is 17.0 Å². The minimum atomic E-state index is 0.161. The van der Waals surface area contributed by atoms with Gasteiger partial charge < -0.3 is 9.64 Å². The number of hydrogen-bond donors (Lipinski definition) is 1. The van der Waals surface area contributed by atoms with E-state index in [9.17, 15) is 4.79 Å². The van der Waals surface area contributed by atoms with E-state index in [1.807, 2.05) is 40.7 Å². The number of aromatic nitrogens is 3. The highest BCUT2D eigenvalue weighted by molar-refractivity contribution is 7.71. The Morgan fingerprint density at radius 1 is 1.06 bits per heavy atom. The summed E-state index contributed by atoms with van der Waals surface area (Å²) in [6.07, 6.45) is 0.408. The predicted octanol–water partition coefficient (Wildman–Crippen LogP) is 4.05. The first-order chi connectivity index (χ1) is 16.0. The predicted molar refractivity (Wildman–Crippen MR) is 132 cm³/mol. The Labute approximate surface area is 200 Å². The summed E-state index contributed by atoms with van der Waals surface area (Å²) in [6.45, 7) is 9.36. The number of rotatable bonds is 8. The van der Waals surface area contributed by atoms with Crippen LogP contribution in [-0.4, -0.2) is 63.3 Å². The molecular weight excluding hydrogens is 434 g/mol. The van der Waals surface area contributed by atoms with Crippen LogP contribution >= 0.6 is 12.2 Å². The average Bonchev–Trinajstić information content (AvgIpc) is 3.20. The fourth-order valence-electron chi connectivity index (χ4n) is 4.09. The van der Waals surface area contributed by atoms with Gasteiger partial charge in [0, 0.05) is 51.3 Å². The van der Waals surface area contributed by atoms with Crippen molar-refractivity contribution < 1.29 is 9.53 Å². The van der Waals surface area contributed by atoms with E-state index in [2.05, 4.69) is 46.3 Å². The first kappa shape index (κ1) is 23.2. The van der Waals surface area contributed by atoms with Gasteiger partial charge in [-0.15, -0.1) is 0 Å². The van der Waals surface area contributed by atoms with Crippen molar-refractivity contribution in [3.63, 3.8) is 0 Å². The lowest BCUT2D eigenvalue weighted by Gasteiger charge is -2.35. The summed E-state index contributed by atoms with van der Waals surface area (Å²) in [6, 6.07) is 16.4. The smallest absolute Gasteiger partial charge is 0.224 e. The number of nitrogens with zero attached hydrogens (tertiary/aromatic N) is 4. The number of piperazine rings is 1. The molecule has 174 valence electrons. The Bertz CT molecular complexity index is 1110. The minimum Gasteiger partial charge on any atom is -0.494 e. The molecule has 0 saturated carbocycles. The normalized spacial score (nSPS) is 14.4. The fraction of sp³-hybridized carbons (Fsp3) is 0.400. The number of hydrogen-bond acceptors (Lipinski definition) is 5. The van der Waals surface area contributed by atoms with E-state index < -0.39 is 0 Å². The van der Waals surface area contributed by atoms with Crippen LogP contribution in [-0.2, 0) is 17.9 Å². The molecule has 0 unspecified atom stereocenters. The number of ether oxygens (including phenoxy) is 1. The van der Waals surface area contributed by atoms with Crippen LogP contribution in [0.25, 0.3) is 11.4 Å². The van der Waals surface area contributed by atoms with Gasteiger partial charge in [0.2, 0.25) is 5.91 Å². The molecule has 1 aliphatic heterocycles. The maximum atomic E-state index is 12.9. The van der Waals surface area contributed by atoms with E-state index in [0.29, 0.717) is 24.3 Å². The lowest BCUT2D eigenvalue weighted by molar-refractivity contribution is -0.133. The summed E-state index contributed by atoms with van der Waals surface area (Å²) in [5, 5.41) is 7.25. The lowest BCUT2D eigenvalue weighted by Crippen LogP contribution is -2.48. The standard InChI is InChI=1S/C25H31N5O2S/c1-3-32-22-10-6-20(7-11-22)18-28-14-16-29(17-15-28)23(31)12-13-30-24(26-27-25(30)33)21-8-4-19(2)5-9-21/h4-11H,3,12-18H2,1-2H3,(H,27,33). The number of aromatic amines is 1. The molecule has 1 fully saturated rings. The third-order valence-electron chi connectivity index (χ3n) is 5.98. The van der Waals surface area contributed by atoms with Gasteiger partial charge in [-0.3, -0.25) is 19.4 Å². The first-order valence-corrected chi connectivity index (χ1v) is 11.9. The van der Waals surface area contributed by atoms with Gasteiger partial charge in [0.1, 0.15) is 5.75 Å². The number of H-pyrrole nitrogens is 1. The molecule has 33 heavy (non-hydrogen) atoms. The van der Waals surface area contributed by atoms with Gasteiger partial charge in [-0.05, 0) is 43.8 Å². The van der Waals surface area contributed by atoms with Crippen LogP contribution in [0.15, 0.2) is 48.5 Å². The SMILES string of the molecule is CCOc1ccc(CN2CCN(C(=O)CCn3c(-c4ccc(C)cc4)n[nH]c3=S)CC2)cc1. The van der Waals surface area contributed by atoms with Crippen molar-refractivity contribution >= 4 is 18.1 Å². The summed E-state index contributed by atoms with van der Waals surface area (Å²) < 4.78 is 7.97. The zero-order valence-corrected chi connectivity index (χ0v) is 20.1. The fourth-order valence-corrected chi connectivity index (χ4v) is 4.31.